The fraction of sp³-hybridized carbons (Fsp3) is 0.444. The summed E-state index contributed by atoms with van der Waals surface area (Å²) in [4.78, 5) is 21.4. The van der Waals surface area contributed by atoms with E-state index in [1.54, 1.807) is 0 Å². The zero-order valence-corrected chi connectivity index (χ0v) is 26.7. The molecule has 7 rings (SSSR count). The van der Waals surface area contributed by atoms with Gasteiger partial charge in [-0.05, 0) is 73.9 Å². The molecule has 1 aliphatic carbocycles. The Balaban J connectivity index is 1.22. The summed E-state index contributed by atoms with van der Waals surface area (Å²) in [6.45, 7) is 9.56. The first-order valence-electron chi connectivity index (χ1n) is 16.4. The third-order valence-corrected chi connectivity index (χ3v) is 9.92. The minimum atomic E-state index is -0.764. The van der Waals surface area contributed by atoms with Crippen LogP contribution in [-0.2, 0) is 19.6 Å². The Labute approximate surface area is 269 Å². The van der Waals surface area contributed by atoms with Crippen LogP contribution in [0.3, 0.4) is 0 Å². The van der Waals surface area contributed by atoms with Crippen molar-refractivity contribution in [3.63, 3.8) is 0 Å². The number of benzene rings is 4. The molecule has 6 atom stereocenters. The van der Waals surface area contributed by atoms with Gasteiger partial charge in [-0.3, -0.25) is 0 Å². The molecule has 4 aromatic carbocycles. The number of nitrogens with one attached hydrogen (secondary N) is 4. The highest BCUT2D eigenvalue weighted by Gasteiger charge is 2.51. The number of hydrogen-bond donors (Lipinski definition) is 6. The van der Waals surface area contributed by atoms with Gasteiger partial charge >= 0.3 is 0 Å². The van der Waals surface area contributed by atoms with Crippen molar-refractivity contribution in [2.75, 3.05) is 47.7 Å². The summed E-state index contributed by atoms with van der Waals surface area (Å²) >= 11 is 0. The molecule has 0 radical (unpaired) electrons. The molecule has 0 amide bonds. The zero-order valence-electron chi connectivity index (χ0n) is 26.7. The monoisotopic (exact) mass is 628 g/mol. The quantitative estimate of drug-likeness (QED) is 0.0738. The lowest BCUT2D eigenvalue weighted by Crippen LogP contribution is -2.51. The molecular weight excluding hydrogens is 584 g/mol. The standard InChI is InChI=1S/C36H44N4O6/c1-5-43-45-17-29-30(18-46-44-6-2)40-28-16-14-24(22-10-8-12-26(39-29)32(22)28)34-35(41)33(36(34)42)23-13-15-27-31-21(23)9-7-11-25(31)37-19(3)20(4)38-27/h7-16,19-20,29-30,33-42H,5-6,17-18H2,1-4H3. The summed E-state index contributed by atoms with van der Waals surface area (Å²) in [5, 5.41) is 42.3. The molecule has 4 aromatic rings. The average Bonchev–Trinajstić information content (AvgIpc) is 3.28. The molecule has 10 heteroatoms. The van der Waals surface area contributed by atoms with Crippen LogP contribution < -0.4 is 21.3 Å². The molecule has 6 unspecified atom stereocenters. The van der Waals surface area contributed by atoms with Crippen LogP contribution in [0.5, 0.6) is 0 Å². The van der Waals surface area contributed by atoms with Crippen LogP contribution in [0.1, 0.15) is 50.7 Å². The van der Waals surface area contributed by atoms with Crippen LogP contribution in [0, 0.1) is 0 Å². The summed E-state index contributed by atoms with van der Waals surface area (Å²) in [5.74, 6) is -0.867. The van der Waals surface area contributed by atoms with Crippen LogP contribution in [-0.4, -0.2) is 73.0 Å². The van der Waals surface area contributed by atoms with Gasteiger partial charge in [0.05, 0.1) is 37.5 Å². The Morgan fingerprint density at radius 1 is 0.543 bits per heavy atom. The van der Waals surface area contributed by atoms with Gasteiger partial charge in [-0.2, -0.15) is 0 Å². The summed E-state index contributed by atoms with van der Waals surface area (Å²) < 4.78 is 0. The molecule has 3 aliphatic rings. The Morgan fingerprint density at radius 2 is 0.957 bits per heavy atom. The minimum Gasteiger partial charge on any atom is -0.392 e. The lowest BCUT2D eigenvalue weighted by atomic mass is 9.62. The van der Waals surface area contributed by atoms with Crippen molar-refractivity contribution in [3.8, 4) is 0 Å². The van der Waals surface area contributed by atoms with Gasteiger partial charge in [-0.1, -0.05) is 36.4 Å². The molecule has 2 aliphatic heterocycles. The third-order valence-electron chi connectivity index (χ3n) is 9.92. The molecule has 0 spiro atoms. The van der Waals surface area contributed by atoms with Crippen LogP contribution in [0.25, 0.3) is 21.5 Å². The Hall–Kier alpha value is -3.64. The zero-order chi connectivity index (χ0) is 31.9. The topological polar surface area (TPSA) is 126 Å². The van der Waals surface area contributed by atoms with Crippen LogP contribution in [0.4, 0.5) is 22.7 Å². The molecule has 0 aromatic heterocycles. The SMILES string of the molecule is CCOOCC1Nc2cccc3c(C4C(O)C(c5ccc6c7c(cccc57)NC(C)C(C)N6)C4O)ccc(c23)NC1COOCC. The van der Waals surface area contributed by atoms with E-state index in [2.05, 4.69) is 65.4 Å². The number of hydrogen-bond acceptors (Lipinski definition) is 10. The van der Waals surface area contributed by atoms with Gasteiger partial charge in [-0.25, -0.2) is 19.6 Å². The normalized spacial score (nSPS) is 28.3. The molecule has 0 bridgehead atoms. The van der Waals surface area contributed by atoms with Gasteiger partial charge in [0, 0.05) is 57.4 Å². The van der Waals surface area contributed by atoms with Gasteiger partial charge in [0.25, 0.3) is 0 Å². The number of aliphatic hydroxyl groups excluding tert-OH is 2. The highest BCUT2D eigenvalue weighted by atomic mass is 17.2. The van der Waals surface area contributed by atoms with Gasteiger partial charge < -0.3 is 31.5 Å². The van der Waals surface area contributed by atoms with Gasteiger partial charge in [0.1, 0.15) is 13.2 Å². The van der Waals surface area contributed by atoms with E-state index in [4.69, 9.17) is 19.6 Å². The smallest absolute Gasteiger partial charge is 0.104 e. The van der Waals surface area contributed by atoms with E-state index in [0.29, 0.717) is 13.2 Å². The van der Waals surface area contributed by atoms with E-state index in [0.717, 1.165) is 55.4 Å². The second-order valence-electron chi connectivity index (χ2n) is 12.6. The number of anilines is 4. The summed E-state index contributed by atoms with van der Waals surface area (Å²) in [6, 6.07) is 20.6. The number of aliphatic hydroxyl groups is 2. The minimum absolute atomic E-state index is 0.190. The Morgan fingerprint density at radius 3 is 1.41 bits per heavy atom. The fourth-order valence-electron chi connectivity index (χ4n) is 7.43. The molecule has 1 fully saturated rings. The van der Waals surface area contributed by atoms with E-state index in [1.165, 1.54) is 0 Å². The van der Waals surface area contributed by atoms with E-state index in [-0.39, 0.29) is 37.4 Å². The molecular formula is C36H44N4O6. The lowest BCUT2D eigenvalue weighted by Gasteiger charge is -2.48. The molecule has 10 nitrogen and oxygen atoms in total. The first-order valence-corrected chi connectivity index (χ1v) is 16.4. The van der Waals surface area contributed by atoms with Crippen molar-refractivity contribution in [2.45, 2.75) is 75.9 Å². The van der Waals surface area contributed by atoms with Crippen molar-refractivity contribution < 1.29 is 29.8 Å². The summed E-state index contributed by atoms with van der Waals surface area (Å²) in [5.41, 5.74) is 5.85. The number of rotatable bonds is 10. The van der Waals surface area contributed by atoms with Gasteiger partial charge in [0.15, 0.2) is 0 Å². The van der Waals surface area contributed by atoms with Crippen molar-refractivity contribution in [3.05, 3.63) is 71.8 Å². The van der Waals surface area contributed by atoms with E-state index >= 15 is 0 Å². The van der Waals surface area contributed by atoms with E-state index in [1.807, 2.05) is 44.2 Å². The molecule has 2 heterocycles. The van der Waals surface area contributed by atoms with Gasteiger partial charge in [0.2, 0.25) is 0 Å². The molecule has 244 valence electrons. The first kappa shape index (κ1) is 31.0. The van der Waals surface area contributed by atoms with Crippen LogP contribution in [0.15, 0.2) is 60.7 Å². The fourth-order valence-corrected chi connectivity index (χ4v) is 7.43. The second-order valence-corrected chi connectivity index (χ2v) is 12.6. The Bertz CT molecular complexity index is 1670. The lowest BCUT2D eigenvalue weighted by molar-refractivity contribution is -0.302. The van der Waals surface area contributed by atoms with Crippen molar-refractivity contribution in [1.29, 1.82) is 0 Å². The Kier molecular flexibility index (Phi) is 8.67. The van der Waals surface area contributed by atoms with Crippen LogP contribution >= 0.6 is 0 Å². The molecule has 0 saturated heterocycles. The largest absolute Gasteiger partial charge is 0.392 e. The molecule has 46 heavy (non-hydrogen) atoms. The predicted octanol–water partition coefficient (Wildman–Crippen LogP) is 5.72. The maximum Gasteiger partial charge on any atom is 0.104 e. The summed E-state index contributed by atoms with van der Waals surface area (Å²) in [6.07, 6.45) is -1.53. The maximum atomic E-state index is 11.8. The van der Waals surface area contributed by atoms with Crippen molar-refractivity contribution >= 4 is 44.3 Å². The second kappa shape index (κ2) is 12.9. The highest BCUT2D eigenvalue weighted by molar-refractivity contribution is 6.07. The van der Waals surface area contributed by atoms with E-state index < -0.39 is 24.0 Å². The first-order chi connectivity index (χ1) is 22.4. The van der Waals surface area contributed by atoms with Gasteiger partial charge in [-0.15, -0.1) is 0 Å². The third kappa shape index (κ3) is 5.33. The van der Waals surface area contributed by atoms with Crippen molar-refractivity contribution in [2.24, 2.45) is 0 Å². The van der Waals surface area contributed by atoms with Crippen molar-refractivity contribution in [1.82, 2.24) is 0 Å². The predicted molar refractivity (Wildman–Crippen MR) is 182 cm³/mol. The maximum absolute atomic E-state index is 11.8. The molecule has 1 saturated carbocycles. The van der Waals surface area contributed by atoms with Crippen LogP contribution in [0.2, 0.25) is 0 Å². The highest BCUT2D eigenvalue weighted by Crippen LogP contribution is 2.53. The van der Waals surface area contributed by atoms with E-state index in [9.17, 15) is 10.2 Å². The average molecular weight is 629 g/mol. The summed E-state index contributed by atoms with van der Waals surface area (Å²) in [7, 11) is 0. The molecule has 6 N–H and O–H groups in total.